The van der Waals surface area contributed by atoms with Crippen LogP contribution in [0.1, 0.15) is 22.8 Å². The van der Waals surface area contributed by atoms with Gasteiger partial charge in [0.1, 0.15) is 0 Å². The quantitative estimate of drug-likeness (QED) is 0.637. The molecule has 30 heavy (non-hydrogen) atoms. The average Bonchev–Trinajstić information content (AvgIpc) is 2.78. The molecule has 2 amide bonds. The number of benzene rings is 3. The molecule has 0 saturated carbocycles. The molecular weight excluding hydrogens is 385 g/mol. The molecule has 7 heteroatoms. The normalized spacial score (nSPS) is 11.1. The summed E-state index contributed by atoms with van der Waals surface area (Å²) in [6.07, 6.45) is -1.04. The van der Waals surface area contributed by atoms with Crippen molar-refractivity contribution in [1.82, 2.24) is 10.9 Å². The van der Waals surface area contributed by atoms with Gasteiger partial charge in [0.15, 0.2) is 17.7 Å². The molecule has 150 valence electrons. The van der Waals surface area contributed by atoms with Crippen LogP contribution in [0.5, 0.6) is 5.75 Å². The summed E-state index contributed by atoms with van der Waals surface area (Å²) in [7, 11) is 0. The predicted octanol–water partition coefficient (Wildman–Crippen LogP) is 3.59. The summed E-state index contributed by atoms with van der Waals surface area (Å²) in [6, 6.07) is 21.5. The molecule has 0 aromatic heterocycles. The molecule has 0 saturated heterocycles. The number of carbonyl (C=O) groups is 2. The summed E-state index contributed by atoms with van der Waals surface area (Å²) in [5.41, 5.74) is 6.47. The highest BCUT2D eigenvalue weighted by molar-refractivity contribution is 6.02. The molecule has 3 rings (SSSR count). The van der Waals surface area contributed by atoms with Gasteiger partial charge >= 0.3 is 0 Å². The van der Waals surface area contributed by atoms with Crippen molar-refractivity contribution in [2.75, 3.05) is 0 Å². The number of amides is 2. The number of hydrazine groups is 1. The Morgan fingerprint density at radius 1 is 0.933 bits per heavy atom. The average molecular weight is 403 g/mol. The summed E-state index contributed by atoms with van der Waals surface area (Å²) in [4.78, 5) is 24.9. The summed E-state index contributed by atoms with van der Waals surface area (Å²) in [5, 5.41) is 9.34. The van der Waals surface area contributed by atoms with Crippen molar-refractivity contribution in [3.63, 3.8) is 0 Å². The molecule has 0 heterocycles. The maximum atomic E-state index is 13.7. The highest BCUT2D eigenvalue weighted by atomic mass is 19.1. The predicted molar refractivity (Wildman–Crippen MR) is 109 cm³/mol. The Labute approximate surface area is 172 Å². The molecule has 3 aromatic carbocycles. The van der Waals surface area contributed by atoms with Crippen molar-refractivity contribution in [3.8, 4) is 22.9 Å². The van der Waals surface area contributed by atoms with Crippen LogP contribution < -0.4 is 15.6 Å². The number of halogens is 1. The minimum absolute atomic E-state index is 0.0649. The summed E-state index contributed by atoms with van der Waals surface area (Å²) < 4.78 is 19.0. The standard InChI is InChI=1S/C23H18FN3O3/c1-15(30-21-13-7-6-12-20(21)24)22(28)26-27-23(29)19-11-5-4-10-18(19)17-9-3-2-8-16(17)14-25/h2-13,15H,1H3,(H,26,28)(H,27,29). The van der Waals surface area contributed by atoms with Crippen molar-refractivity contribution < 1.29 is 18.7 Å². The SMILES string of the molecule is CC(Oc1ccccc1F)C(=O)NNC(=O)c1ccccc1-c1ccccc1C#N. The third-order valence-electron chi connectivity index (χ3n) is 4.32. The van der Waals surface area contributed by atoms with E-state index in [9.17, 15) is 19.2 Å². The van der Waals surface area contributed by atoms with Gasteiger partial charge in [0.25, 0.3) is 11.8 Å². The number of para-hydroxylation sites is 1. The number of hydrogen-bond donors (Lipinski definition) is 2. The van der Waals surface area contributed by atoms with Gasteiger partial charge in [0.2, 0.25) is 0 Å². The molecule has 0 radical (unpaired) electrons. The molecule has 0 fully saturated rings. The highest BCUT2D eigenvalue weighted by Crippen LogP contribution is 2.26. The zero-order chi connectivity index (χ0) is 21.5. The third kappa shape index (κ3) is 4.62. The van der Waals surface area contributed by atoms with Crippen molar-refractivity contribution in [3.05, 3.63) is 89.7 Å². The van der Waals surface area contributed by atoms with Crippen LogP contribution in [0.15, 0.2) is 72.8 Å². The highest BCUT2D eigenvalue weighted by Gasteiger charge is 2.19. The first-order chi connectivity index (χ1) is 14.5. The fourth-order valence-corrected chi connectivity index (χ4v) is 2.80. The number of rotatable bonds is 5. The van der Waals surface area contributed by atoms with Crippen molar-refractivity contribution in [1.29, 1.82) is 5.26 Å². The molecule has 0 aliphatic carbocycles. The molecule has 0 bridgehead atoms. The van der Waals surface area contributed by atoms with Gasteiger partial charge in [-0.25, -0.2) is 4.39 Å². The second kappa shape index (κ2) is 9.34. The summed E-state index contributed by atoms with van der Waals surface area (Å²) in [6.45, 7) is 1.44. The van der Waals surface area contributed by atoms with E-state index in [1.54, 1.807) is 54.6 Å². The van der Waals surface area contributed by atoms with Gasteiger partial charge < -0.3 is 4.74 Å². The first kappa shape index (κ1) is 20.6. The van der Waals surface area contributed by atoms with E-state index in [2.05, 4.69) is 16.9 Å². The van der Waals surface area contributed by atoms with Crippen LogP contribution in [0, 0.1) is 17.1 Å². The molecule has 0 spiro atoms. The summed E-state index contributed by atoms with van der Waals surface area (Å²) in [5.74, 6) is -1.87. The number of nitrogens with zero attached hydrogens (tertiary/aromatic N) is 1. The van der Waals surface area contributed by atoms with Crippen molar-refractivity contribution in [2.24, 2.45) is 0 Å². The Kier molecular flexibility index (Phi) is 6.40. The van der Waals surface area contributed by atoms with Crippen LogP contribution in [-0.4, -0.2) is 17.9 Å². The minimum Gasteiger partial charge on any atom is -0.478 e. The fourth-order valence-electron chi connectivity index (χ4n) is 2.80. The Balaban J connectivity index is 1.71. The van der Waals surface area contributed by atoms with E-state index in [4.69, 9.17) is 4.74 Å². The number of carbonyl (C=O) groups excluding carboxylic acids is 2. The molecule has 2 N–H and O–H groups in total. The first-order valence-electron chi connectivity index (χ1n) is 9.11. The van der Waals surface area contributed by atoms with Crippen LogP contribution in [0.2, 0.25) is 0 Å². The van der Waals surface area contributed by atoms with Crippen LogP contribution in [-0.2, 0) is 4.79 Å². The lowest BCUT2D eigenvalue weighted by molar-refractivity contribution is -0.128. The Morgan fingerprint density at radius 3 is 2.30 bits per heavy atom. The second-order valence-corrected chi connectivity index (χ2v) is 6.34. The van der Waals surface area contributed by atoms with Crippen molar-refractivity contribution in [2.45, 2.75) is 13.0 Å². The van der Waals surface area contributed by atoms with E-state index < -0.39 is 23.7 Å². The lowest BCUT2D eigenvalue weighted by atomic mass is 9.95. The van der Waals surface area contributed by atoms with Crippen molar-refractivity contribution >= 4 is 11.8 Å². The Hall–Kier alpha value is -4.18. The summed E-state index contributed by atoms with van der Waals surface area (Å²) >= 11 is 0. The zero-order valence-electron chi connectivity index (χ0n) is 16.1. The Bertz CT molecular complexity index is 1120. The first-order valence-corrected chi connectivity index (χ1v) is 9.11. The number of nitriles is 1. The molecule has 1 atom stereocenters. The smallest absolute Gasteiger partial charge is 0.279 e. The van der Waals surface area contributed by atoms with E-state index >= 15 is 0 Å². The largest absolute Gasteiger partial charge is 0.478 e. The van der Waals surface area contributed by atoms with Gasteiger partial charge in [-0.1, -0.05) is 48.5 Å². The topological polar surface area (TPSA) is 91.2 Å². The molecule has 0 aliphatic rings. The zero-order valence-corrected chi connectivity index (χ0v) is 16.1. The number of hydrogen-bond acceptors (Lipinski definition) is 4. The van der Waals surface area contributed by atoms with Crippen LogP contribution in [0.25, 0.3) is 11.1 Å². The lowest BCUT2D eigenvalue weighted by Gasteiger charge is -2.16. The van der Waals surface area contributed by atoms with Gasteiger partial charge in [-0.05, 0) is 36.8 Å². The maximum Gasteiger partial charge on any atom is 0.279 e. The molecule has 3 aromatic rings. The fraction of sp³-hybridized carbons (Fsp3) is 0.0870. The van der Waals surface area contributed by atoms with Gasteiger partial charge in [0, 0.05) is 11.1 Å². The van der Waals surface area contributed by atoms with Gasteiger partial charge in [-0.2, -0.15) is 5.26 Å². The molecular formula is C23H18FN3O3. The van der Waals surface area contributed by atoms with E-state index in [1.807, 2.05) is 0 Å². The monoisotopic (exact) mass is 403 g/mol. The van der Waals surface area contributed by atoms with Gasteiger partial charge in [-0.3, -0.25) is 20.4 Å². The van der Waals surface area contributed by atoms with E-state index in [-0.39, 0.29) is 11.3 Å². The molecule has 1 unspecified atom stereocenters. The minimum atomic E-state index is -1.04. The Morgan fingerprint density at radius 2 is 1.57 bits per heavy atom. The molecule has 6 nitrogen and oxygen atoms in total. The number of ether oxygens (including phenoxy) is 1. The van der Waals surface area contributed by atoms with E-state index in [1.165, 1.54) is 25.1 Å². The van der Waals surface area contributed by atoms with Crippen LogP contribution in [0.3, 0.4) is 0 Å². The third-order valence-corrected chi connectivity index (χ3v) is 4.32. The van der Waals surface area contributed by atoms with Gasteiger partial charge in [0.05, 0.1) is 11.6 Å². The van der Waals surface area contributed by atoms with Gasteiger partial charge in [-0.15, -0.1) is 0 Å². The van der Waals surface area contributed by atoms with E-state index in [0.717, 1.165) is 0 Å². The van der Waals surface area contributed by atoms with Crippen LogP contribution >= 0.6 is 0 Å². The second-order valence-electron chi connectivity index (χ2n) is 6.34. The van der Waals surface area contributed by atoms with Crippen LogP contribution in [0.4, 0.5) is 4.39 Å². The lowest BCUT2D eigenvalue weighted by Crippen LogP contribution is -2.47. The van der Waals surface area contributed by atoms with E-state index in [0.29, 0.717) is 16.7 Å². The maximum absolute atomic E-state index is 13.7. The number of nitrogens with one attached hydrogen (secondary N) is 2. The molecule has 0 aliphatic heterocycles.